The van der Waals surface area contributed by atoms with Crippen molar-refractivity contribution in [1.82, 2.24) is 19.7 Å². The lowest BCUT2D eigenvalue weighted by Gasteiger charge is -2.36. The molecule has 0 radical (unpaired) electrons. The SMILES string of the molecule is COc1cccc(CN2CCN3C(=O)N(Cc4ccccn4)C[C@H]3C2)c1. The van der Waals surface area contributed by atoms with E-state index in [2.05, 4.69) is 22.0 Å². The maximum atomic E-state index is 12.7. The molecule has 2 saturated heterocycles. The molecule has 2 fully saturated rings. The van der Waals surface area contributed by atoms with Gasteiger partial charge in [-0.05, 0) is 29.8 Å². The Kier molecular flexibility index (Phi) is 4.75. The molecular formula is C20H24N4O2. The molecule has 1 aromatic carbocycles. The summed E-state index contributed by atoms with van der Waals surface area (Å²) < 4.78 is 5.31. The molecule has 2 aliphatic heterocycles. The second kappa shape index (κ2) is 7.33. The Hall–Kier alpha value is -2.60. The molecule has 1 atom stereocenters. The van der Waals surface area contributed by atoms with Crippen LogP contribution in [0, 0.1) is 0 Å². The smallest absolute Gasteiger partial charge is 0.320 e. The summed E-state index contributed by atoms with van der Waals surface area (Å²) >= 11 is 0. The zero-order valence-corrected chi connectivity index (χ0v) is 15.0. The monoisotopic (exact) mass is 352 g/mol. The number of methoxy groups -OCH3 is 1. The lowest BCUT2D eigenvalue weighted by atomic mass is 10.1. The fraction of sp³-hybridized carbons (Fsp3) is 0.400. The summed E-state index contributed by atoms with van der Waals surface area (Å²) in [7, 11) is 1.69. The molecule has 1 aromatic heterocycles. The Labute approximate surface area is 154 Å². The number of carbonyl (C=O) groups is 1. The van der Waals surface area contributed by atoms with Crippen molar-refractivity contribution >= 4 is 6.03 Å². The topological polar surface area (TPSA) is 48.9 Å². The Morgan fingerprint density at radius 1 is 1.12 bits per heavy atom. The van der Waals surface area contributed by atoms with Gasteiger partial charge in [0.1, 0.15) is 5.75 Å². The zero-order valence-electron chi connectivity index (χ0n) is 15.0. The van der Waals surface area contributed by atoms with Gasteiger partial charge >= 0.3 is 6.03 Å². The highest BCUT2D eigenvalue weighted by molar-refractivity contribution is 5.77. The highest BCUT2D eigenvalue weighted by Crippen LogP contribution is 2.23. The number of aromatic nitrogens is 1. The van der Waals surface area contributed by atoms with Crippen LogP contribution in [0.2, 0.25) is 0 Å². The molecule has 0 unspecified atom stereocenters. The average Bonchev–Trinajstić information content (AvgIpc) is 2.98. The van der Waals surface area contributed by atoms with Gasteiger partial charge in [0.05, 0.1) is 25.4 Å². The molecule has 4 rings (SSSR count). The minimum absolute atomic E-state index is 0.140. The highest BCUT2D eigenvalue weighted by Gasteiger charge is 2.40. The first-order valence-electron chi connectivity index (χ1n) is 9.03. The van der Waals surface area contributed by atoms with Crippen molar-refractivity contribution in [2.45, 2.75) is 19.1 Å². The van der Waals surface area contributed by atoms with E-state index in [1.54, 1.807) is 13.3 Å². The van der Waals surface area contributed by atoms with E-state index in [-0.39, 0.29) is 12.1 Å². The quantitative estimate of drug-likeness (QED) is 0.828. The molecule has 2 aliphatic rings. The lowest BCUT2D eigenvalue weighted by molar-refractivity contribution is 0.116. The summed E-state index contributed by atoms with van der Waals surface area (Å²) in [5.41, 5.74) is 2.18. The van der Waals surface area contributed by atoms with Crippen LogP contribution in [0.25, 0.3) is 0 Å². The minimum Gasteiger partial charge on any atom is -0.497 e. The number of benzene rings is 1. The van der Waals surface area contributed by atoms with Gasteiger partial charge in [-0.25, -0.2) is 4.79 Å². The Morgan fingerprint density at radius 3 is 2.85 bits per heavy atom. The Morgan fingerprint density at radius 2 is 2.04 bits per heavy atom. The van der Waals surface area contributed by atoms with Gasteiger partial charge in [0.2, 0.25) is 0 Å². The van der Waals surface area contributed by atoms with Crippen LogP contribution in [0.5, 0.6) is 5.75 Å². The summed E-state index contributed by atoms with van der Waals surface area (Å²) in [5, 5.41) is 0. The molecule has 0 saturated carbocycles. The number of nitrogens with zero attached hydrogens (tertiary/aromatic N) is 4. The van der Waals surface area contributed by atoms with Gasteiger partial charge in [0.15, 0.2) is 0 Å². The van der Waals surface area contributed by atoms with E-state index in [4.69, 9.17) is 4.74 Å². The normalized spacial score (nSPS) is 20.3. The van der Waals surface area contributed by atoms with Gasteiger partial charge < -0.3 is 14.5 Å². The van der Waals surface area contributed by atoms with Crippen LogP contribution >= 0.6 is 0 Å². The predicted octanol–water partition coefficient (Wildman–Crippen LogP) is 2.21. The highest BCUT2D eigenvalue weighted by atomic mass is 16.5. The molecule has 3 heterocycles. The number of amides is 2. The summed E-state index contributed by atoms with van der Waals surface area (Å²) in [5.74, 6) is 0.888. The summed E-state index contributed by atoms with van der Waals surface area (Å²) in [6.45, 7) is 4.83. The van der Waals surface area contributed by atoms with E-state index >= 15 is 0 Å². The number of urea groups is 1. The molecule has 6 heteroatoms. The van der Waals surface area contributed by atoms with Gasteiger partial charge in [-0.2, -0.15) is 0 Å². The van der Waals surface area contributed by atoms with Crippen molar-refractivity contribution < 1.29 is 9.53 Å². The minimum atomic E-state index is 0.140. The van der Waals surface area contributed by atoms with Gasteiger partial charge in [-0.15, -0.1) is 0 Å². The number of ether oxygens (including phenoxy) is 1. The van der Waals surface area contributed by atoms with Crippen molar-refractivity contribution in [2.24, 2.45) is 0 Å². The standard InChI is InChI=1S/C20H24N4O2/c1-26-19-7-4-5-16(11-19)12-22-9-10-24-18(14-22)15-23(20(24)25)13-17-6-2-3-8-21-17/h2-8,11,18H,9-10,12-15H2,1H3/t18-/m1/s1. The average molecular weight is 352 g/mol. The number of carbonyl (C=O) groups excluding carboxylic acids is 1. The second-order valence-electron chi connectivity index (χ2n) is 6.92. The zero-order chi connectivity index (χ0) is 17.9. The van der Waals surface area contributed by atoms with Gasteiger partial charge in [0, 0.05) is 38.9 Å². The molecule has 0 N–H and O–H groups in total. The second-order valence-corrected chi connectivity index (χ2v) is 6.92. The van der Waals surface area contributed by atoms with Crippen molar-refractivity contribution in [3.8, 4) is 5.75 Å². The van der Waals surface area contributed by atoms with Crippen LogP contribution in [0.3, 0.4) is 0 Å². The van der Waals surface area contributed by atoms with Crippen molar-refractivity contribution in [3.05, 3.63) is 59.9 Å². The first kappa shape index (κ1) is 16.8. The van der Waals surface area contributed by atoms with E-state index in [9.17, 15) is 4.79 Å². The first-order chi connectivity index (χ1) is 12.7. The molecule has 6 nitrogen and oxygen atoms in total. The number of hydrogen-bond donors (Lipinski definition) is 0. The summed E-state index contributed by atoms with van der Waals surface area (Å²) in [6, 6.07) is 14.4. The fourth-order valence-electron chi connectivity index (χ4n) is 3.83. The Bertz CT molecular complexity index is 767. The summed E-state index contributed by atoms with van der Waals surface area (Å²) in [6.07, 6.45) is 1.78. The Balaban J connectivity index is 1.38. The molecular weight excluding hydrogens is 328 g/mol. The lowest BCUT2D eigenvalue weighted by Crippen LogP contribution is -2.51. The van der Waals surface area contributed by atoms with Crippen LogP contribution < -0.4 is 4.74 Å². The molecule has 136 valence electrons. The maximum absolute atomic E-state index is 12.7. The number of piperazine rings is 1. The van der Waals surface area contributed by atoms with Gasteiger partial charge in [-0.1, -0.05) is 18.2 Å². The third kappa shape index (κ3) is 3.51. The molecule has 0 bridgehead atoms. The number of hydrogen-bond acceptors (Lipinski definition) is 4. The number of pyridine rings is 1. The van der Waals surface area contributed by atoms with E-state index in [1.807, 2.05) is 40.1 Å². The van der Waals surface area contributed by atoms with Crippen LogP contribution in [0.4, 0.5) is 4.79 Å². The third-order valence-electron chi connectivity index (χ3n) is 5.13. The number of rotatable bonds is 5. The molecule has 0 aliphatic carbocycles. The first-order valence-corrected chi connectivity index (χ1v) is 9.03. The molecule has 0 spiro atoms. The third-order valence-corrected chi connectivity index (χ3v) is 5.13. The van der Waals surface area contributed by atoms with Crippen LogP contribution in [-0.4, -0.2) is 65.0 Å². The van der Waals surface area contributed by atoms with Crippen molar-refractivity contribution in [2.75, 3.05) is 33.3 Å². The number of fused-ring (bicyclic) bond motifs is 1. The molecule has 2 aromatic rings. The van der Waals surface area contributed by atoms with Gasteiger partial charge in [-0.3, -0.25) is 9.88 Å². The van der Waals surface area contributed by atoms with E-state index in [0.717, 1.165) is 44.2 Å². The fourth-order valence-corrected chi connectivity index (χ4v) is 3.83. The largest absolute Gasteiger partial charge is 0.497 e. The van der Waals surface area contributed by atoms with E-state index in [0.29, 0.717) is 6.54 Å². The predicted molar refractivity (Wildman–Crippen MR) is 98.8 cm³/mol. The molecule has 26 heavy (non-hydrogen) atoms. The van der Waals surface area contributed by atoms with Crippen LogP contribution in [0.15, 0.2) is 48.7 Å². The van der Waals surface area contributed by atoms with Crippen molar-refractivity contribution in [1.29, 1.82) is 0 Å². The van der Waals surface area contributed by atoms with Crippen LogP contribution in [0.1, 0.15) is 11.3 Å². The van der Waals surface area contributed by atoms with E-state index < -0.39 is 0 Å². The van der Waals surface area contributed by atoms with Gasteiger partial charge in [0.25, 0.3) is 0 Å². The maximum Gasteiger partial charge on any atom is 0.320 e. The van der Waals surface area contributed by atoms with Crippen LogP contribution in [-0.2, 0) is 13.1 Å². The van der Waals surface area contributed by atoms with E-state index in [1.165, 1.54) is 5.56 Å². The molecule has 2 amide bonds. The summed E-state index contributed by atoms with van der Waals surface area (Å²) in [4.78, 5) is 23.4. The van der Waals surface area contributed by atoms with Crippen molar-refractivity contribution in [3.63, 3.8) is 0 Å².